The Morgan fingerprint density at radius 2 is 2.00 bits per heavy atom. The number of rotatable bonds is 2. The van der Waals surface area contributed by atoms with Crippen LogP contribution in [0.25, 0.3) is 0 Å². The SMILES string of the molecule is O=C1c2cc(CN3CCOCC3)sc2C(=O)c2cccnc21. The average Bonchev–Trinajstić information content (AvgIpc) is 2.98. The van der Waals surface area contributed by atoms with Crippen molar-refractivity contribution in [1.82, 2.24) is 9.88 Å². The summed E-state index contributed by atoms with van der Waals surface area (Å²) >= 11 is 1.42. The molecule has 0 N–H and O–H groups in total. The van der Waals surface area contributed by atoms with Crippen LogP contribution in [0.5, 0.6) is 0 Å². The molecule has 1 aliphatic heterocycles. The number of aromatic nitrogens is 1. The molecule has 1 saturated heterocycles. The maximum absolute atomic E-state index is 12.5. The Labute approximate surface area is 131 Å². The summed E-state index contributed by atoms with van der Waals surface area (Å²) in [5.41, 5.74) is 1.19. The lowest BCUT2D eigenvalue weighted by Crippen LogP contribution is -2.35. The van der Waals surface area contributed by atoms with Gasteiger partial charge >= 0.3 is 0 Å². The third-order valence-corrected chi connectivity index (χ3v) is 5.10. The highest BCUT2D eigenvalue weighted by Crippen LogP contribution is 2.33. The Morgan fingerprint density at radius 1 is 1.18 bits per heavy atom. The van der Waals surface area contributed by atoms with Gasteiger partial charge in [0.2, 0.25) is 11.6 Å². The van der Waals surface area contributed by atoms with Crippen molar-refractivity contribution in [2.75, 3.05) is 26.3 Å². The monoisotopic (exact) mass is 314 g/mol. The number of hydrogen-bond acceptors (Lipinski definition) is 6. The highest BCUT2D eigenvalue weighted by molar-refractivity contribution is 7.14. The van der Waals surface area contributed by atoms with Crippen molar-refractivity contribution in [2.45, 2.75) is 6.54 Å². The maximum Gasteiger partial charge on any atom is 0.213 e. The van der Waals surface area contributed by atoms with Crippen LogP contribution in [0, 0.1) is 0 Å². The van der Waals surface area contributed by atoms with Gasteiger partial charge in [-0.25, -0.2) is 0 Å². The largest absolute Gasteiger partial charge is 0.379 e. The molecule has 3 heterocycles. The van der Waals surface area contributed by atoms with Crippen LogP contribution in [0.15, 0.2) is 24.4 Å². The molecule has 0 spiro atoms. The number of fused-ring (bicyclic) bond motifs is 2. The molecule has 2 aliphatic rings. The fourth-order valence-corrected chi connectivity index (χ4v) is 4.01. The van der Waals surface area contributed by atoms with E-state index in [1.807, 2.05) is 6.07 Å². The summed E-state index contributed by atoms with van der Waals surface area (Å²) in [5.74, 6) is -0.231. The molecule has 4 rings (SSSR count). The molecule has 2 aromatic rings. The second-order valence-electron chi connectivity index (χ2n) is 5.40. The summed E-state index contributed by atoms with van der Waals surface area (Å²) in [6, 6.07) is 5.22. The highest BCUT2D eigenvalue weighted by atomic mass is 32.1. The fraction of sp³-hybridized carbons (Fsp3) is 0.312. The van der Waals surface area contributed by atoms with Gasteiger partial charge in [-0.15, -0.1) is 11.3 Å². The molecular formula is C16H14N2O3S. The van der Waals surface area contributed by atoms with Crippen LogP contribution in [0.3, 0.4) is 0 Å². The average molecular weight is 314 g/mol. The van der Waals surface area contributed by atoms with Crippen LogP contribution in [-0.2, 0) is 11.3 Å². The molecule has 0 radical (unpaired) electrons. The van der Waals surface area contributed by atoms with E-state index in [1.54, 1.807) is 18.3 Å². The zero-order chi connectivity index (χ0) is 15.1. The van der Waals surface area contributed by atoms with Crippen LogP contribution >= 0.6 is 11.3 Å². The zero-order valence-corrected chi connectivity index (χ0v) is 12.7. The van der Waals surface area contributed by atoms with Crippen molar-refractivity contribution in [3.05, 3.63) is 51.0 Å². The summed E-state index contributed by atoms with van der Waals surface area (Å²) in [5, 5.41) is 0. The van der Waals surface area contributed by atoms with Crippen molar-refractivity contribution in [2.24, 2.45) is 0 Å². The topological polar surface area (TPSA) is 59.5 Å². The van der Waals surface area contributed by atoms with E-state index in [4.69, 9.17) is 4.74 Å². The van der Waals surface area contributed by atoms with E-state index in [0.717, 1.165) is 37.7 Å². The normalized spacial score (nSPS) is 18.2. The van der Waals surface area contributed by atoms with Crippen molar-refractivity contribution < 1.29 is 14.3 Å². The van der Waals surface area contributed by atoms with Gasteiger partial charge in [-0.05, 0) is 18.2 Å². The van der Waals surface area contributed by atoms with Gasteiger partial charge in [-0.1, -0.05) is 0 Å². The van der Waals surface area contributed by atoms with Gasteiger partial charge in [0.05, 0.1) is 23.7 Å². The first-order valence-electron chi connectivity index (χ1n) is 7.21. The molecule has 1 fully saturated rings. The van der Waals surface area contributed by atoms with Gasteiger partial charge in [-0.3, -0.25) is 19.5 Å². The van der Waals surface area contributed by atoms with E-state index in [0.29, 0.717) is 16.0 Å². The number of morpholine rings is 1. The molecule has 6 heteroatoms. The number of pyridine rings is 1. The van der Waals surface area contributed by atoms with Crippen molar-refractivity contribution >= 4 is 22.9 Å². The minimum absolute atomic E-state index is 0.0871. The number of thiophene rings is 1. The molecule has 0 atom stereocenters. The van der Waals surface area contributed by atoms with Gasteiger partial charge in [-0.2, -0.15) is 0 Å². The lowest BCUT2D eigenvalue weighted by atomic mass is 9.93. The van der Waals surface area contributed by atoms with Gasteiger partial charge in [0, 0.05) is 36.3 Å². The van der Waals surface area contributed by atoms with Crippen molar-refractivity contribution in [1.29, 1.82) is 0 Å². The van der Waals surface area contributed by atoms with Crippen LogP contribution in [0.4, 0.5) is 0 Å². The van der Waals surface area contributed by atoms with Gasteiger partial charge in [0.15, 0.2) is 0 Å². The van der Waals surface area contributed by atoms with Gasteiger partial charge in [0.25, 0.3) is 0 Å². The first-order chi connectivity index (χ1) is 10.7. The predicted octanol–water partition coefficient (Wildman–Crippen LogP) is 1.75. The Morgan fingerprint density at radius 3 is 2.82 bits per heavy atom. The third kappa shape index (κ3) is 2.20. The van der Waals surface area contributed by atoms with Crippen LogP contribution in [0.1, 0.15) is 36.2 Å². The van der Waals surface area contributed by atoms with E-state index in [9.17, 15) is 9.59 Å². The smallest absolute Gasteiger partial charge is 0.213 e. The van der Waals surface area contributed by atoms with Crippen LogP contribution in [-0.4, -0.2) is 47.8 Å². The molecule has 112 valence electrons. The van der Waals surface area contributed by atoms with E-state index < -0.39 is 0 Å². The van der Waals surface area contributed by atoms with Gasteiger partial charge < -0.3 is 4.74 Å². The lowest BCUT2D eigenvalue weighted by molar-refractivity contribution is 0.0346. The maximum atomic E-state index is 12.5. The first-order valence-corrected chi connectivity index (χ1v) is 8.03. The first kappa shape index (κ1) is 13.8. The predicted molar refractivity (Wildman–Crippen MR) is 81.5 cm³/mol. The van der Waals surface area contributed by atoms with Crippen LogP contribution < -0.4 is 0 Å². The standard InChI is InChI=1S/C16H14N2O3S/c19-14-12-8-10(9-18-4-6-21-7-5-18)22-16(12)15(20)11-2-1-3-17-13(11)14/h1-3,8H,4-7,9H2. The number of ketones is 2. The molecular weight excluding hydrogens is 300 g/mol. The van der Waals surface area contributed by atoms with E-state index >= 15 is 0 Å². The molecule has 1 aliphatic carbocycles. The summed E-state index contributed by atoms with van der Waals surface area (Å²) in [4.78, 5) is 33.0. The Kier molecular flexibility index (Phi) is 3.37. The van der Waals surface area contributed by atoms with Gasteiger partial charge in [0.1, 0.15) is 5.69 Å². The van der Waals surface area contributed by atoms with E-state index in [2.05, 4.69) is 9.88 Å². The number of carbonyl (C=O) groups excluding carboxylic acids is 2. The van der Waals surface area contributed by atoms with Crippen molar-refractivity contribution in [3.63, 3.8) is 0 Å². The second-order valence-corrected chi connectivity index (χ2v) is 6.54. The Bertz CT molecular complexity index is 710. The minimum atomic E-state index is -0.144. The molecule has 0 unspecified atom stereocenters. The third-order valence-electron chi connectivity index (χ3n) is 3.98. The van der Waals surface area contributed by atoms with E-state index in [-0.39, 0.29) is 17.3 Å². The summed E-state index contributed by atoms with van der Waals surface area (Å²) in [6.45, 7) is 3.99. The molecule has 5 nitrogen and oxygen atoms in total. The molecule has 0 amide bonds. The fourth-order valence-electron chi connectivity index (χ4n) is 2.86. The highest BCUT2D eigenvalue weighted by Gasteiger charge is 2.33. The quantitative estimate of drug-likeness (QED) is 0.721. The molecule has 0 aromatic carbocycles. The molecule has 0 saturated carbocycles. The second kappa shape index (κ2) is 5.39. The van der Waals surface area contributed by atoms with Crippen molar-refractivity contribution in [3.8, 4) is 0 Å². The van der Waals surface area contributed by atoms with Crippen LogP contribution in [0.2, 0.25) is 0 Å². The summed E-state index contributed by atoms with van der Waals surface area (Å²) < 4.78 is 5.34. The Hall–Kier alpha value is -1.89. The summed E-state index contributed by atoms with van der Waals surface area (Å²) in [6.07, 6.45) is 1.55. The molecule has 0 bridgehead atoms. The number of nitrogens with zero attached hydrogens (tertiary/aromatic N) is 2. The summed E-state index contributed by atoms with van der Waals surface area (Å²) in [7, 11) is 0. The number of hydrogen-bond donors (Lipinski definition) is 0. The number of ether oxygens (including phenoxy) is 1. The minimum Gasteiger partial charge on any atom is -0.379 e. The lowest BCUT2D eigenvalue weighted by Gasteiger charge is -2.25. The molecule has 22 heavy (non-hydrogen) atoms. The number of carbonyl (C=O) groups is 2. The zero-order valence-electron chi connectivity index (χ0n) is 11.9. The van der Waals surface area contributed by atoms with E-state index in [1.165, 1.54) is 11.3 Å². The molecule has 2 aromatic heterocycles. The Balaban J connectivity index is 1.67.